The molecule has 1 aliphatic heterocycles. The third-order valence-corrected chi connectivity index (χ3v) is 5.06. The molecule has 1 aromatic rings. The molecule has 108 valence electrons. The Morgan fingerprint density at radius 2 is 1.80 bits per heavy atom. The molecule has 20 heavy (non-hydrogen) atoms. The topological polar surface area (TPSA) is 43.7 Å². The Morgan fingerprint density at radius 1 is 1.05 bits per heavy atom. The van der Waals surface area contributed by atoms with Crippen LogP contribution in [0, 0.1) is 5.92 Å². The molecule has 2 fully saturated rings. The van der Waals surface area contributed by atoms with Gasteiger partial charge in [0, 0.05) is 12.6 Å². The molecule has 3 nitrogen and oxygen atoms in total. The van der Waals surface area contributed by atoms with Gasteiger partial charge < -0.3 is 10.0 Å². The maximum atomic E-state index is 9.50. The zero-order valence-electron chi connectivity index (χ0n) is 12.0. The first-order chi connectivity index (χ1) is 9.75. The van der Waals surface area contributed by atoms with Crippen molar-refractivity contribution < 1.29 is 10.0 Å². The molecule has 1 saturated heterocycles. The molecule has 2 aliphatic rings. The highest BCUT2D eigenvalue weighted by atomic mass is 16.4. The third kappa shape index (κ3) is 2.92. The lowest BCUT2D eigenvalue weighted by atomic mass is 9.75. The average molecular weight is 273 g/mol. The summed E-state index contributed by atoms with van der Waals surface area (Å²) in [6.07, 6.45) is 8.10. The fraction of sp³-hybridized carbons (Fsp3) is 0.625. The largest absolute Gasteiger partial charge is 0.488 e. The summed E-state index contributed by atoms with van der Waals surface area (Å²) in [6.45, 7) is 2.01. The normalized spacial score (nSPS) is 27.1. The summed E-state index contributed by atoms with van der Waals surface area (Å²) in [4.78, 5) is 2.58. The lowest BCUT2D eigenvalue weighted by Crippen LogP contribution is -2.47. The molecule has 2 atom stereocenters. The molecule has 3 rings (SSSR count). The molecule has 2 N–H and O–H groups in total. The van der Waals surface area contributed by atoms with Crippen molar-refractivity contribution in [1.82, 2.24) is 4.90 Å². The minimum absolute atomic E-state index is 0.658. The van der Waals surface area contributed by atoms with E-state index in [1.54, 1.807) is 0 Å². The zero-order valence-corrected chi connectivity index (χ0v) is 12.0. The second-order valence-corrected chi connectivity index (χ2v) is 6.30. The zero-order chi connectivity index (χ0) is 13.9. The van der Waals surface area contributed by atoms with Gasteiger partial charge in [-0.05, 0) is 49.2 Å². The number of piperidine rings is 1. The Labute approximate surface area is 121 Å². The van der Waals surface area contributed by atoms with E-state index in [2.05, 4.69) is 4.90 Å². The average Bonchev–Trinajstić information content (AvgIpc) is 2.48. The van der Waals surface area contributed by atoms with E-state index in [1.165, 1.54) is 38.5 Å². The molecule has 1 saturated carbocycles. The van der Waals surface area contributed by atoms with Crippen molar-refractivity contribution in [3.63, 3.8) is 0 Å². The molecule has 1 heterocycles. The van der Waals surface area contributed by atoms with Crippen molar-refractivity contribution >= 4 is 12.6 Å². The van der Waals surface area contributed by atoms with Crippen LogP contribution >= 0.6 is 0 Å². The molecule has 0 unspecified atom stereocenters. The van der Waals surface area contributed by atoms with Crippen molar-refractivity contribution in [3.05, 3.63) is 29.8 Å². The van der Waals surface area contributed by atoms with Crippen molar-refractivity contribution in [3.8, 4) is 0 Å². The van der Waals surface area contributed by atoms with Crippen molar-refractivity contribution in [1.29, 1.82) is 0 Å². The quantitative estimate of drug-likeness (QED) is 0.821. The maximum Gasteiger partial charge on any atom is 0.488 e. The van der Waals surface area contributed by atoms with E-state index in [0.717, 1.165) is 24.6 Å². The van der Waals surface area contributed by atoms with Crippen LogP contribution in [0.2, 0.25) is 0 Å². The van der Waals surface area contributed by atoms with Crippen LogP contribution < -0.4 is 5.46 Å². The summed E-state index contributed by atoms with van der Waals surface area (Å²) >= 11 is 0. The number of fused-ring (bicyclic) bond motifs is 1. The number of rotatable bonds is 3. The molecule has 0 radical (unpaired) electrons. The van der Waals surface area contributed by atoms with Crippen LogP contribution in [0.4, 0.5) is 0 Å². The minimum atomic E-state index is -1.36. The van der Waals surface area contributed by atoms with Gasteiger partial charge in [0.05, 0.1) is 0 Å². The predicted molar refractivity (Wildman–Crippen MR) is 81.7 cm³/mol. The van der Waals surface area contributed by atoms with Crippen molar-refractivity contribution in [2.75, 3.05) is 6.54 Å². The first kappa shape index (κ1) is 14.1. The number of hydrogen-bond donors (Lipinski definition) is 2. The van der Waals surface area contributed by atoms with Gasteiger partial charge in [0.25, 0.3) is 0 Å². The summed E-state index contributed by atoms with van der Waals surface area (Å²) in [5.41, 5.74) is 1.72. The van der Waals surface area contributed by atoms with Gasteiger partial charge in [-0.3, -0.25) is 4.90 Å². The number of benzene rings is 1. The van der Waals surface area contributed by atoms with E-state index in [0.29, 0.717) is 11.5 Å². The van der Waals surface area contributed by atoms with E-state index in [9.17, 15) is 10.0 Å². The number of hydrogen-bond acceptors (Lipinski definition) is 3. The van der Waals surface area contributed by atoms with Crippen molar-refractivity contribution in [2.24, 2.45) is 5.92 Å². The Hall–Kier alpha value is -0.835. The second kappa shape index (κ2) is 6.29. The van der Waals surface area contributed by atoms with Gasteiger partial charge in [-0.15, -0.1) is 0 Å². The first-order valence-electron chi connectivity index (χ1n) is 7.93. The summed E-state index contributed by atoms with van der Waals surface area (Å²) in [6, 6.07) is 8.42. The second-order valence-electron chi connectivity index (χ2n) is 6.30. The van der Waals surface area contributed by atoms with Crippen LogP contribution in [0.5, 0.6) is 0 Å². The Bertz CT molecular complexity index is 450. The van der Waals surface area contributed by atoms with Crippen LogP contribution in [0.3, 0.4) is 0 Å². The summed E-state index contributed by atoms with van der Waals surface area (Å²) in [5, 5.41) is 19.0. The highest BCUT2D eigenvalue weighted by Crippen LogP contribution is 2.35. The van der Waals surface area contributed by atoms with Gasteiger partial charge in [-0.1, -0.05) is 37.1 Å². The Balaban J connectivity index is 1.76. The molecule has 4 heteroatoms. The molecule has 0 amide bonds. The van der Waals surface area contributed by atoms with Crippen molar-refractivity contribution in [2.45, 2.75) is 51.1 Å². The van der Waals surface area contributed by atoms with Gasteiger partial charge >= 0.3 is 7.12 Å². The lowest BCUT2D eigenvalue weighted by Gasteiger charge is -2.44. The van der Waals surface area contributed by atoms with Gasteiger partial charge in [0.15, 0.2) is 0 Å². The Morgan fingerprint density at radius 3 is 2.65 bits per heavy atom. The van der Waals surface area contributed by atoms with Gasteiger partial charge in [-0.2, -0.15) is 0 Å². The highest BCUT2D eigenvalue weighted by Gasteiger charge is 2.33. The van der Waals surface area contributed by atoms with Crippen LogP contribution in [-0.4, -0.2) is 34.7 Å². The molecule has 0 bridgehead atoms. The van der Waals surface area contributed by atoms with E-state index in [-0.39, 0.29) is 0 Å². The van der Waals surface area contributed by atoms with E-state index in [4.69, 9.17) is 0 Å². The van der Waals surface area contributed by atoms with Crippen LogP contribution in [-0.2, 0) is 6.54 Å². The Kier molecular flexibility index (Phi) is 4.44. The molecular weight excluding hydrogens is 249 g/mol. The number of likely N-dealkylation sites (tertiary alicyclic amines) is 1. The molecule has 0 aromatic heterocycles. The lowest BCUT2D eigenvalue weighted by molar-refractivity contribution is 0.0549. The van der Waals surface area contributed by atoms with E-state index in [1.807, 2.05) is 24.3 Å². The van der Waals surface area contributed by atoms with Gasteiger partial charge in [0.2, 0.25) is 0 Å². The van der Waals surface area contributed by atoms with Crippen LogP contribution in [0.25, 0.3) is 0 Å². The maximum absolute atomic E-state index is 9.50. The van der Waals surface area contributed by atoms with E-state index < -0.39 is 7.12 Å². The summed E-state index contributed by atoms with van der Waals surface area (Å²) in [7, 11) is -1.36. The van der Waals surface area contributed by atoms with Gasteiger partial charge in [0.1, 0.15) is 0 Å². The van der Waals surface area contributed by atoms with Gasteiger partial charge in [-0.25, -0.2) is 0 Å². The fourth-order valence-corrected chi connectivity index (χ4v) is 4.07. The summed E-state index contributed by atoms with van der Waals surface area (Å²) < 4.78 is 0. The standard InChI is InChI=1S/C16H24BNO2/c19-17(20)15-9-3-1-7-14(15)12-18-11-5-8-13-6-2-4-10-16(13)18/h1,3,7,9,13,16,19-20H,2,4-6,8,10-12H2/t13-,16-/m1/s1. The highest BCUT2D eigenvalue weighted by molar-refractivity contribution is 6.59. The summed E-state index contributed by atoms with van der Waals surface area (Å²) in [5.74, 6) is 0.865. The van der Waals surface area contributed by atoms with Crippen LogP contribution in [0.1, 0.15) is 44.1 Å². The molecule has 0 spiro atoms. The molecule has 1 aromatic carbocycles. The minimum Gasteiger partial charge on any atom is -0.423 e. The van der Waals surface area contributed by atoms with E-state index >= 15 is 0 Å². The first-order valence-corrected chi connectivity index (χ1v) is 7.93. The third-order valence-electron chi connectivity index (χ3n) is 5.06. The monoisotopic (exact) mass is 273 g/mol. The SMILES string of the molecule is OB(O)c1ccccc1CN1CCC[C@H]2CCCC[C@H]21. The fourth-order valence-electron chi connectivity index (χ4n) is 4.07. The van der Waals surface area contributed by atoms with Crippen LogP contribution in [0.15, 0.2) is 24.3 Å². The smallest absolute Gasteiger partial charge is 0.423 e. The molecular formula is C16H24BNO2. The number of nitrogens with zero attached hydrogens (tertiary/aromatic N) is 1. The predicted octanol–water partition coefficient (Wildman–Crippen LogP) is 1.52. The molecule has 1 aliphatic carbocycles.